The van der Waals surface area contributed by atoms with Crippen molar-refractivity contribution < 1.29 is 13.2 Å². The molecule has 0 fully saturated rings. The van der Waals surface area contributed by atoms with Crippen LogP contribution in [0.3, 0.4) is 0 Å². The third kappa shape index (κ3) is 4.61. The van der Waals surface area contributed by atoms with Crippen LogP contribution in [0.4, 0.5) is 21.9 Å². The molecule has 0 saturated heterocycles. The van der Waals surface area contributed by atoms with Gasteiger partial charge in [-0.15, -0.1) is 0 Å². The molecule has 0 radical (unpaired) electrons. The Balaban J connectivity index is 1.72. The maximum atomic E-state index is 12.5. The lowest BCUT2D eigenvalue weighted by Gasteiger charge is -2.11. The van der Waals surface area contributed by atoms with Crippen molar-refractivity contribution in [2.24, 2.45) is 0 Å². The first kappa shape index (κ1) is 17.5. The number of para-hydroxylation sites is 2. The van der Waals surface area contributed by atoms with E-state index in [0.717, 1.165) is 0 Å². The monoisotopic (exact) mass is 367 g/mol. The van der Waals surface area contributed by atoms with Gasteiger partial charge < -0.3 is 10.6 Å². The second-order valence-corrected chi connectivity index (χ2v) is 7.13. The topological polar surface area (TPSA) is 87.3 Å². The van der Waals surface area contributed by atoms with Gasteiger partial charge in [0.25, 0.3) is 10.0 Å². The van der Waals surface area contributed by atoms with Crippen molar-refractivity contribution in [2.45, 2.75) is 4.90 Å². The fourth-order valence-electron chi connectivity index (χ4n) is 2.28. The van der Waals surface area contributed by atoms with Gasteiger partial charge in [-0.2, -0.15) is 0 Å². The highest BCUT2D eigenvalue weighted by atomic mass is 32.2. The molecule has 6 nitrogen and oxygen atoms in total. The fraction of sp³-hybridized carbons (Fsp3) is 0. The maximum Gasteiger partial charge on any atom is 0.323 e. The van der Waals surface area contributed by atoms with E-state index >= 15 is 0 Å². The van der Waals surface area contributed by atoms with Crippen LogP contribution in [0, 0.1) is 0 Å². The summed E-state index contributed by atoms with van der Waals surface area (Å²) in [5.74, 6) is 0. The maximum absolute atomic E-state index is 12.5. The van der Waals surface area contributed by atoms with Crippen LogP contribution < -0.4 is 15.4 Å². The van der Waals surface area contributed by atoms with Gasteiger partial charge in [-0.25, -0.2) is 13.2 Å². The van der Waals surface area contributed by atoms with Gasteiger partial charge in [0.05, 0.1) is 4.90 Å². The predicted molar refractivity (Wildman–Crippen MR) is 103 cm³/mol. The van der Waals surface area contributed by atoms with Crippen molar-refractivity contribution in [3.8, 4) is 0 Å². The number of benzene rings is 3. The van der Waals surface area contributed by atoms with E-state index in [9.17, 15) is 13.2 Å². The number of hydrogen-bond donors (Lipinski definition) is 3. The van der Waals surface area contributed by atoms with Gasteiger partial charge in [-0.3, -0.25) is 4.72 Å². The molecule has 3 aromatic carbocycles. The standard InChI is InChI=1S/C19H17N3O3S/c23-19(20-15-8-3-1-4-9-15)21-17-12-7-13-18(14-17)26(24,25)22-16-10-5-2-6-11-16/h1-14,22H,(H2,20,21,23). The van der Waals surface area contributed by atoms with Crippen molar-refractivity contribution in [1.29, 1.82) is 0 Å². The minimum atomic E-state index is -3.75. The van der Waals surface area contributed by atoms with Crippen LogP contribution in [0.15, 0.2) is 89.8 Å². The Morgan fingerprint density at radius 2 is 1.19 bits per heavy atom. The van der Waals surface area contributed by atoms with Crippen molar-refractivity contribution in [2.75, 3.05) is 15.4 Å². The predicted octanol–water partition coefficient (Wildman–Crippen LogP) is 4.13. The average molecular weight is 367 g/mol. The number of anilines is 3. The molecular weight excluding hydrogens is 350 g/mol. The molecule has 3 N–H and O–H groups in total. The molecule has 0 bridgehead atoms. The summed E-state index contributed by atoms with van der Waals surface area (Å²) in [4.78, 5) is 12.1. The van der Waals surface area contributed by atoms with Crippen molar-refractivity contribution in [1.82, 2.24) is 0 Å². The van der Waals surface area contributed by atoms with Crippen LogP contribution >= 0.6 is 0 Å². The molecule has 2 amide bonds. The second-order valence-electron chi connectivity index (χ2n) is 5.44. The second kappa shape index (κ2) is 7.71. The summed E-state index contributed by atoms with van der Waals surface area (Å²) in [7, 11) is -3.75. The molecular formula is C19H17N3O3S. The zero-order valence-corrected chi connectivity index (χ0v) is 14.5. The molecule has 0 aliphatic heterocycles. The van der Waals surface area contributed by atoms with Gasteiger partial charge in [-0.1, -0.05) is 42.5 Å². The normalized spacial score (nSPS) is 10.8. The van der Waals surface area contributed by atoms with E-state index in [1.165, 1.54) is 12.1 Å². The van der Waals surface area contributed by atoms with E-state index in [1.54, 1.807) is 66.7 Å². The van der Waals surface area contributed by atoms with Gasteiger partial charge in [0.1, 0.15) is 0 Å². The smallest absolute Gasteiger partial charge is 0.308 e. The largest absolute Gasteiger partial charge is 0.323 e. The van der Waals surface area contributed by atoms with E-state index in [1.807, 2.05) is 6.07 Å². The van der Waals surface area contributed by atoms with Gasteiger partial charge in [0, 0.05) is 17.1 Å². The molecule has 3 aromatic rings. The Morgan fingerprint density at radius 3 is 1.85 bits per heavy atom. The SMILES string of the molecule is O=C(Nc1ccccc1)Nc1cccc(S(=O)(=O)Nc2ccccc2)c1. The van der Waals surface area contributed by atoms with Crippen molar-refractivity contribution >= 4 is 33.1 Å². The third-order valence-corrected chi connectivity index (χ3v) is 4.84. The lowest BCUT2D eigenvalue weighted by Crippen LogP contribution is -2.20. The summed E-state index contributed by atoms with van der Waals surface area (Å²) in [6.45, 7) is 0. The number of nitrogens with one attached hydrogen (secondary N) is 3. The molecule has 0 heterocycles. The van der Waals surface area contributed by atoms with Gasteiger partial charge in [0.15, 0.2) is 0 Å². The van der Waals surface area contributed by atoms with Crippen LogP contribution in [0.5, 0.6) is 0 Å². The molecule has 0 atom stereocenters. The van der Waals surface area contributed by atoms with Crippen LogP contribution in [0.1, 0.15) is 0 Å². The Hall–Kier alpha value is -3.32. The molecule has 0 aliphatic carbocycles. The van der Waals surface area contributed by atoms with E-state index in [2.05, 4.69) is 15.4 Å². The minimum Gasteiger partial charge on any atom is -0.308 e. The molecule has 26 heavy (non-hydrogen) atoms. The number of carbonyl (C=O) groups excluding carboxylic acids is 1. The lowest BCUT2D eigenvalue weighted by molar-refractivity contribution is 0.262. The average Bonchev–Trinajstić information content (AvgIpc) is 2.63. The highest BCUT2D eigenvalue weighted by Gasteiger charge is 2.15. The molecule has 132 valence electrons. The number of sulfonamides is 1. The Bertz CT molecular complexity index is 991. The first-order chi connectivity index (χ1) is 12.5. The Morgan fingerprint density at radius 1 is 0.654 bits per heavy atom. The minimum absolute atomic E-state index is 0.0545. The van der Waals surface area contributed by atoms with Crippen LogP contribution in [-0.4, -0.2) is 14.4 Å². The summed E-state index contributed by atoms with van der Waals surface area (Å²) >= 11 is 0. The fourth-order valence-corrected chi connectivity index (χ4v) is 3.38. The van der Waals surface area contributed by atoms with E-state index in [4.69, 9.17) is 0 Å². The quantitative estimate of drug-likeness (QED) is 0.633. The lowest BCUT2D eigenvalue weighted by atomic mass is 10.3. The summed E-state index contributed by atoms with van der Waals surface area (Å²) in [6, 6.07) is 23.1. The molecule has 0 aliphatic rings. The van der Waals surface area contributed by atoms with Gasteiger partial charge in [0.2, 0.25) is 0 Å². The van der Waals surface area contributed by atoms with Gasteiger partial charge >= 0.3 is 6.03 Å². The summed E-state index contributed by atoms with van der Waals surface area (Å²) in [6.07, 6.45) is 0. The third-order valence-electron chi connectivity index (χ3n) is 3.46. The summed E-state index contributed by atoms with van der Waals surface area (Å²) < 4.78 is 27.5. The zero-order chi connectivity index (χ0) is 18.4. The number of rotatable bonds is 5. The van der Waals surface area contributed by atoms with Crippen LogP contribution in [0.25, 0.3) is 0 Å². The zero-order valence-electron chi connectivity index (χ0n) is 13.7. The van der Waals surface area contributed by atoms with E-state index in [0.29, 0.717) is 17.1 Å². The summed E-state index contributed by atoms with van der Waals surface area (Å²) in [5, 5.41) is 5.30. The Labute approximate surface area is 151 Å². The van der Waals surface area contributed by atoms with Crippen molar-refractivity contribution in [3.63, 3.8) is 0 Å². The number of carbonyl (C=O) groups is 1. The van der Waals surface area contributed by atoms with E-state index < -0.39 is 16.1 Å². The number of urea groups is 1. The number of hydrogen-bond acceptors (Lipinski definition) is 3. The highest BCUT2D eigenvalue weighted by molar-refractivity contribution is 7.92. The molecule has 0 saturated carbocycles. The molecule has 0 unspecified atom stereocenters. The summed E-state index contributed by atoms with van der Waals surface area (Å²) in [5.41, 5.74) is 1.47. The van der Waals surface area contributed by atoms with Gasteiger partial charge in [-0.05, 0) is 42.5 Å². The van der Waals surface area contributed by atoms with Crippen LogP contribution in [-0.2, 0) is 10.0 Å². The highest BCUT2D eigenvalue weighted by Crippen LogP contribution is 2.19. The molecule has 0 spiro atoms. The first-order valence-corrected chi connectivity index (χ1v) is 9.32. The molecule has 7 heteroatoms. The van der Waals surface area contributed by atoms with E-state index in [-0.39, 0.29) is 4.90 Å². The molecule has 3 rings (SSSR count). The number of amides is 2. The van der Waals surface area contributed by atoms with Crippen LogP contribution in [0.2, 0.25) is 0 Å². The Kier molecular flexibility index (Phi) is 5.19. The molecule has 0 aromatic heterocycles. The first-order valence-electron chi connectivity index (χ1n) is 7.84. The van der Waals surface area contributed by atoms with Crippen molar-refractivity contribution in [3.05, 3.63) is 84.9 Å².